The van der Waals surface area contributed by atoms with Crippen molar-refractivity contribution in [3.05, 3.63) is 64.8 Å². The Morgan fingerprint density at radius 3 is 2.79 bits per heavy atom. The van der Waals surface area contributed by atoms with E-state index in [1.54, 1.807) is 18.3 Å². The van der Waals surface area contributed by atoms with Gasteiger partial charge in [-0.05, 0) is 37.3 Å². The van der Waals surface area contributed by atoms with Crippen molar-refractivity contribution in [2.45, 2.75) is 11.8 Å². The van der Waals surface area contributed by atoms with Crippen LogP contribution in [0.15, 0.2) is 58.5 Å². The highest BCUT2D eigenvalue weighted by Crippen LogP contribution is 2.21. The molecule has 0 saturated heterocycles. The molecular weight excluding hydrogens is 342 g/mol. The molecule has 24 heavy (non-hydrogen) atoms. The number of rotatable bonds is 5. The number of halogens is 1. The van der Waals surface area contributed by atoms with Gasteiger partial charge in [0.1, 0.15) is 0 Å². The molecule has 3 aromatic rings. The molecule has 122 valence electrons. The number of aromatic nitrogens is 1. The van der Waals surface area contributed by atoms with Crippen LogP contribution < -0.4 is 5.43 Å². The molecule has 1 aromatic heterocycles. The lowest BCUT2D eigenvalue weighted by atomic mass is 10.1. The Kier molecular flexibility index (Phi) is 5.23. The number of H-pyrrole nitrogens is 1. The van der Waals surface area contributed by atoms with E-state index in [1.807, 2.05) is 43.3 Å². The molecule has 4 nitrogen and oxygen atoms in total. The van der Waals surface area contributed by atoms with Gasteiger partial charge in [-0.15, -0.1) is 11.8 Å². The summed E-state index contributed by atoms with van der Waals surface area (Å²) in [4.78, 5) is 16.2. The SMILES string of the molecule is Cc1[nH]c2ccccc2c1/C=N/NC(=O)CSc1ccc(Cl)cc1. The number of para-hydroxylation sites is 1. The summed E-state index contributed by atoms with van der Waals surface area (Å²) in [5.41, 5.74) is 5.62. The molecule has 0 aliphatic carbocycles. The molecule has 1 heterocycles. The van der Waals surface area contributed by atoms with Gasteiger partial charge < -0.3 is 4.98 Å². The number of benzene rings is 2. The molecule has 0 saturated carbocycles. The Morgan fingerprint density at radius 1 is 1.25 bits per heavy atom. The Balaban J connectivity index is 1.58. The monoisotopic (exact) mass is 357 g/mol. The molecule has 2 N–H and O–H groups in total. The highest BCUT2D eigenvalue weighted by atomic mass is 35.5. The molecule has 0 radical (unpaired) electrons. The van der Waals surface area contributed by atoms with Crippen LogP contribution in [0.1, 0.15) is 11.3 Å². The first-order valence-corrected chi connectivity index (χ1v) is 8.77. The van der Waals surface area contributed by atoms with Crippen LogP contribution >= 0.6 is 23.4 Å². The van der Waals surface area contributed by atoms with Crippen molar-refractivity contribution < 1.29 is 4.79 Å². The molecule has 0 aliphatic heterocycles. The van der Waals surface area contributed by atoms with Crippen LogP contribution in [0.3, 0.4) is 0 Å². The summed E-state index contributed by atoms with van der Waals surface area (Å²) >= 11 is 7.28. The number of hydrazone groups is 1. The number of hydrogen-bond donors (Lipinski definition) is 2. The highest BCUT2D eigenvalue weighted by Gasteiger charge is 2.06. The molecule has 0 fully saturated rings. The average Bonchev–Trinajstić information content (AvgIpc) is 2.90. The maximum atomic E-state index is 11.9. The Morgan fingerprint density at radius 2 is 2.00 bits per heavy atom. The van der Waals surface area contributed by atoms with E-state index in [2.05, 4.69) is 15.5 Å². The Hall–Kier alpha value is -2.24. The smallest absolute Gasteiger partial charge is 0.250 e. The standard InChI is InChI=1S/C18H16ClN3OS/c1-12-16(15-4-2-3-5-17(15)21-12)10-20-22-18(23)11-24-14-8-6-13(19)7-9-14/h2-10,21H,11H2,1H3,(H,22,23)/b20-10+. The van der Waals surface area contributed by atoms with Gasteiger partial charge in [0.15, 0.2) is 0 Å². The van der Waals surface area contributed by atoms with Crippen molar-refractivity contribution in [2.75, 3.05) is 5.75 Å². The largest absolute Gasteiger partial charge is 0.358 e. The summed E-state index contributed by atoms with van der Waals surface area (Å²) in [7, 11) is 0. The summed E-state index contributed by atoms with van der Waals surface area (Å²) in [6, 6.07) is 15.4. The second-order valence-corrected chi connectivity index (χ2v) is 6.73. The van der Waals surface area contributed by atoms with Crippen LogP contribution in [0.4, 0.5) is 0 Å². The van der Waals surface area contributed by atoms with Crippen LogP contribution in [0.2, 0.25) is 5.02 Å². The van der Waals surface area contributed by atoms with Crippen molar-refractivity contribution in [3.8, 4) is 0 Å². The predicted molar refractivity (Wildman–Crippen MR) is 101 cm³/mol. The third kappa shape index (κ3) is 3.99. The van der Waals surface area contributed by atoms with Gasteiger partial charge >= 0.3 is 0 Å². The van der Waals surface area contributed by atoms with Crippen molar-refractivity contribution in [2.24, 2.45) is 5.10 Å². The van der Waals surface area contributed by atoms with Crippen LogP contribution in [-0.4, -0.2) is 22.9 Å². The lowest BCUT2D eigenvalue weighted by Crippen LogP contribution is -2.19. The molecule has 0 bridgehead atoms. The van der Waals surface area contributed by atoms with Gasteiger partial charge in [0, 0.05) is 32.1 Å². The maximum absolute atomic E-state index is 11.9. The number of amides is 1. The van der Waals surface area contributed by atoms with Crippen LogP contribution in [0, 0.1) is 6.92 Å². The van der Waals surface area contributed by atoms with Crippen molar-refractivity contribution >= 4 is 46.4 Å². The van der Waals surface area contributed by atoms with Gasteiger partial charge in [0.2, 0.25) is 5.91 Å². The van der Waals surface area contributed by atoms with E-state index >= 15 is 0 Å². The zero-order chi connectivity index (χ0) is 16.9. The lowest BCUT2D eigenvalue weighted by Gasteiger charge is -2.01. The fourth-order valence-electron chi connectivity index (χ4n) is 2.35. The normalized spacial score (nSPS) is 11.2. The minimum Gasteiger partial charge on any atom is -0.358 e. The molecule has 1 amide bonds. The topological polar surface area (TPSA) is 57.2 Å². The van der Waals surface area contributed by atoms with Gasteiger partial charge in [-0.1, -0.05) is 29.8 Å². The maximum Gasteiger partial charge on any atom is 0.250 e. The first kappa shape index (κ1) is 16.6. The molecular formula is C18H16ClN3OS. The number of fused-ring (bicyclic) bond motifs is 1. The fraction of sp³-hybridized carbons (Fsp3) is 0.111. The van der Waals surface area contributed by atoms with Gasteiger partial charge in [-0.2, -0.15) is 5.10 Å². The summed E-state index contributed by atoms with van der Waals surface area (Å²) in [6.45, 7) is 1.99. The first-order chi connectivity index (χ1) is 11.6. The predicted octanol–water partition coefficient (Wildman–Crippen LogP) is 4.37. The van der Waals surface area contributed by atoms with Crippen molar-refractivity contribution in [3.63, 3.8) is 0 Å². The fourth-order valence-corrected chi connectivity index (χ4v) is 3.16. The van der Waals surface area contributed by atoms with E-state index in [4.69, 9.17) is 11.6 Å². The third-order valence-corrected chi connectivity index (χ3v) is 4.77. The average molecular weight is 358 g/mol. The number of nitrogens with zero attached hydrogens (tertiary/aromatic N) is 1. The van der Waals surface area contributed by atoms with E-state index in [0.717, 1.165) is 27.1 Å². The zero-order valence-electron chi connectivity index (χ0n) is 13.0. The second kappa shape index (κ2) is 7.55. The number of carbonyl (C=O) groups is 1. The van der Waals surface area contributed by atoms with E-state index in [0.29, 0.717) is 10.8 Å². The van der Waals surface area contributed by atoms with Crippen LogP contribution in [0.5, 0.6) is 0 Å². The van der Waals surface area contributed by atoms with Crippen molar-refractivity contribution in [1.29, 1.82) is 0 Å². The summed E-state index contributed by atoms with van der Waals surface area (Å²) < 4.78 is 0. The van der Waals surface area contributed by atoms with Gasteiger partial charge in [0.25, 0.3) is 0 Å². The molecule has 0 atom stereocenters. The highest BCUT2D eigenvalue weighted by molar-refractivity contribution is 8.00. The molecule has 0 spiro atoms. The number of aryl methyl sites for hydroxylation is 1. The van der Waals surface area contributed by atoms with E-state index in [-0.39, 0.29) is 5.91 Å². The van der Waals surface area contributed by atoms with Gasteiger partial charge in [-0.25, -0.2) is 5.43 Å². The molecule has 2 aromatic carbocycles. The molecule has 0 aliphatic rings. The molecule has 6 heteroatoms. The molecule has 0 unspecified atom stereocenters. The van der Waals surface area contributed by atoms with Crippen molar-refractivity contribution in [1.82, 2.24) is 10.4 Å². The van der Waals surface area contributed by atoms with Crippen LogP contribution in [0.25, 0.3) is 10.9 Å². The Bertz CT molecular complexity index is 887. The first-order valence-electron chi connectivity index (χ1n) is 7.41. The number of nitrogens with one attached hydrogen (secondary N) is 2. The number of carbonyl (C=O) groups excluding carboxylic acids is 1. The summed E-state index contributed by atoms with van der Waals surface area (Å²) in [6.07, 6.45) is 1.68. The lowest BCUT2D eigenvalue weighted by molar-refractivity contribution is -0.118. The third-order valence-electron chi connectivity index (χ3n) is 3.51. The number of aromatic amines is 1. The zero-order valence-corrected chi connectivity index (χ0v) is 14.6. The van der Waals surface area contributed by atoms with E-state index in [9.17, 15) is 4.79 Å². The second-order valence-electron chi connectivity index (χ2n) is 5.25. The van der Waals surface area contributed by atoms with Crippen LogP contribution in [-0.2, 0) is 4.79 Å². The Labute approximate surface area is 149 Å². The summed E-state index contributed by atoms with van der Waals surface area (Å²) in [5, 5.41) is 5.84. The minimum atomic E-state index is -0.149. The minimum absolute atomic E-state index is 0.149. The number of thioether (sulfide) groups is 1. The molecule has 3 rings (SSSR count). The van der Waals surface area contributed by atoms with Gasteiger partial charge in [0.05, 0.1) is 12.0 Å². The van der Waals surface area contributed by atoms with Gasteiger partial charge in [-0.3, -0.25) is 4.79 Å². The summed E-state index contributed by atoms with van der Waals surface area (Å²) in [5.74, 6) is 0.148. The van der Waals surface area contributed by atoms with E-state index in [1.165, 1.54) is 11.8 Å². The van der Waals surface area contributed by atoms with E-state index < -0.39 is 0 Å². The quantitative estimate of drug-likeness (QED) is 0.404. The number of hydrogen-bond acceptors (Lipinski definition) is 3.